The Hall–Kier alpha value is -1.84. The van der Waals surface area contributed by atoms with Crippen molar-refractivity contribution >= 4 is 23.3 Å². The number of Topliss-reactive ketones (excluding diaryl/α,β-unsaturated/α-hetero) is 3. The summed E-state index contributed by atoms with van der Waals surface area (Å²) in [6.45, 7) is 16.9. The van der Waals surface area contributed by atoms with Crippen LogP contribution in [-0.2, 0) is 38.1 Å². The lowest BCUT2D eigenvalue weighted by Crippen LogP contribution is -2.59. The summed E-state index contributed by atoms with van der Waals surface area (Å²) in [4.78, 5) is 47.8. The highest BCUT2D eigenvalue weighted by Crippen LogP contribution is 2.30. The van der Waals surface area contributed by atoms with Gasteiger partial charge in [0.1, 0.15) is 24.1 Å². The van der Waals surface area contributed by atoms with E-state index in [0.717, 1.165) is 0 Å². The SMILES string of the molecule is CNC(CCC(=O)C(C)(C)NCCOCCOCC(=O)C(C)(N)NCCOCCOC(C)(C)CC(C)(C)C(C)=O)C(=O)O. The predicted molar refractivity (Wildman–Crippen MR) is 164 cm³/mol. The number of nitrogens with two attached hydrogens (primary N) is 1. The van der Waals surface area contributed by atoms with Crippen LogP contribution in [0.25, 0.3) is 0 Å². The maximum Gasteiger partial charge on any atom is 0.320 e. The number of carboxylic acids is 1. The number of likely N-dealkylation sites (N-methyl/N-ethyl adjacent to an activating group) is 1. The Morgan fingerprint density at radius 3 is 1.86 bits per heavy atom. The Morgan fingerprint density at radius 1 is 0.791 bits per heavy atom. The van der Waals surface area contributed by atoms with Crippen molar-refractivity contribution in [2.24, 2.45) is 11.1 Å². The molecule has 0 aliphatic carbocycles. The number of ketones is 3. The number of carboxylic acid groups (broad SMARTS) is 1. The molecule has 0 fully saturated rings. The van der Waals surface area contributed by atoms with Gasteiger partial charge in [-0.05, 0) is 61.4 Å². The van der Waals surface area contributed by atoms with Crippen LogP contribution in [0, 0.1) is 5.41 Å². The molecule has 0 saturated heterocycles. The molecule has 0 aromatic heterocycles. The van der Waals surface area contributed by atoms with Crippen molar-refractivity contribution in [1.82, 2.24) is 16.0 Å². The molecule has 2 atom stereocenters. The molecule has 0 amide bonds. The van der Waals surface area contributed by atoms with Gasteiger partial charge in [0.05, 0.1) is 50.8 Å². The van der Waals surface area contributed by atoms with Crippen molar-refractivity contribution < 1.29 is 43.2 Å². The topological polar surface area (TPSA) is 188 Å². The van der Waals surface area contributed by atoms with Gasteiger partial charge in [0, 0.05) is 24.9 Å². The van der Waals surface area contributed by atoms with Crippen LogP contribution in [0.4, 0.5) is 0 Å². The highest BCUT2D eigenvalue weighted by atomic mass is 16.5. The number of carbonyl (C=O) groups is 4. The summed E-state index contributed by atoms with van der Waals surface area (Å²) >= 11 is 0. The van der Waals surface area contributed by atoms with Crippen LogP contribution < -0.4 is 21.7 Å². The van der Waals surface area contributed by atoms with E-state index >= 15 is 0 Å². The Labute approximate surface area is 257 Å². The van der Waals surface area contributed by atoms with Gasteiger partial charge in [0.15, 0.2) is 11.6 Å². The number of ether oxygens (including phenoxy) is 4. The van der Waals surface area contributed by atoms with Crippen LogP contribution in [0.15, 0.2) is 0 Å². The summed E-state index contributed by atoms with van der Waals surface area (Å²) < 4.78 is 22.4. The molecule has 252 valence electrons. The maximum atomic E-state index is 12.5. The predicted octanol–water partition coefficient (Wildman–Crippen LogP) is 1.06. The molecule has 0 spiro atoms. The summed E-state index contributed by atoms with van der Waals surface area (Å²) in [5, 5.41) is 17.9. The lowest BCUT2D eigenvalue weighted by atomic mass is 9.79. The molecule has 13 heteroatoms. The van der Waals surface area contributed by atoms with Crippen LogP contribution in [-0.4, -0.2) is 118 Å². The van der Waals surface area contributed by atoms with Gasteiger partial charge in [-0.15, -0.1) is 0 Å². The van der Waals surface area contributed by atoms with Crippen molar-refractivity contribution in [2.45, 2.75) is 97.5 Å². The van der Waals surface area contributed by atoms with Crippen LogP contribution in [0.5, 0.6) is 0 Å². The van der Waals surface area contributed by atoms with E-state index in [1.54, 1.807) is 34.7 Å². The lowest BCUT2D eigenvalue weighted by molar-refractivity contribution is -0.139. The fraction of sp³-hybridized carbons (Fsp3) is 0.867. The molecule has 0 radical (unpaired) electrons. The average molecular weight is 619 g/mol. The van der Waals surface area contributed by atoms with E-state index in [1.165, 1.54) is 0 Å². The molecule has 2 unspecified atom stereocenters. The zero-order valence-corrected chi connectivity index (χ0v) is 27.9. The van der Waals surface area contributed by atoms with Crippen LogP contribution >= 0.6 is 0 Å². The van der Waals surface area contributed by atoms with Crippen molar-refractivity contribution in [3.63, 3.8) is 0 Å². The lowest BCUT2D eigenvalue weighted by Gasteiger charge is -2.33. The number of hydrogen-bond donors (Lipinski definition) is 5. The molecular weight excluding hydrogens is 560 g/mol. The minimum absolute atomic E-state index is 0.0828. The minimum atomic E-state index is -1.28. The van der Waals surface area contributed by atoms with Crippen molar-refractivity contribution in [3.05, 3.63) is 0 Å². The average Bonchev–Trinajstić information content (AvgIpc) is 2.88. The zero-order valence-electron chi connectivity index (χ0n) is 27.9. The molecule has 0 aliphatic rings. The van der Waals surface area contributed by atoms with Gasteiger partial charge >= 0.3 is 5.97 Å². The van der Waals surface area contributed by atoms with E-state index in [4.69, 9.17) is 29.8 Å². The highest BCUT2D eigenvalue weighted by molar-refractivity contribution is 5.88. The van der Waals surface area contributed by atoms with E-state index in [1.807, 2.05) is 27.7 Å². The molecule has 0 rings (SSSR count). The van der Waals surface area contributed by atoms with E-state index in [0.29, 0.717) is 45.9 Å². The van der Waals surface area contributed by atoms with Crippen LogP contribution in [0.1, 0.15) is 74.7 Å². The molecule has 43 heavy (non-hydrogen) atoms. The zero-order chi connectivity index (χ0) is 33.3. The third kappa shape index (κ3) is 17.9. The fourth-order valence-corrected chi connectivity index (χ4v) is 4.25. The van der Waals surface area contributed by atoms with Crippen LogP contribution in [0.3, 0.4) is 0 Å². The third-order valence-corrected chi connectivity index (χ3v) is 7.28. The van der Waals surface area contributed by atoms with Gasteiger partial charge in [-0.3, -0.25) is 24.5 Å². The molecule has 6 N–H and O–H groups in total. The maximum absolute atomic E-state index is 12.5. The Kier molecular flexibility index (Phi) is 18.7. The monoisotopic (exact) mass is 618 g/mol. The van der Waals surface area contributed by atoms with Crippen molar-refractivity contribution in [1.29, 1.82) is 0 Å². The minimum Gasteiger partial charge on any atom is -0.480 e. The van der Waals surface area contributed by atoms with Gasteiger partial charge in [-0.25, -0.2) is 0 Å². The van der Waals surface area contributed by atoms with Gasteiger partial charge < -0.3 is 40.4 Å². The van der Waals surface area contributed by atoms with Gasteiger partial charge in [-0.1, -0.05) is 13.8 Å². The first-order valence-electron chi connectivity index (χ1n) is 14.9. The molecular formula is C30H58N4O9. The van der Waals surface area contributed by atoms with E-state index < -0.39 is 34.2 Å². The van der Waals surface area contributed by atoms with E-state index in [-0.39, 0.29) is 50.0 Å². The van der Waals surface area contributed by atoms with Gasteiger partial charge in [0.25, 0.3) is 0 Å². The molecule has 0 aliphatic heterocycles. The smallest absolute Gasteiger partial charge is 0.320 e. The van der Waals surface area contributed by atoms with Gasteiger partial charge in [-0.2, -0.15) is 0 Å². The van der Waals surface area contributed by atoms with Crippen molar-refractivity contribution in [2.75, 3.05) is 66.4 Å². The Morgan fingerprint density at radius 2 is 1.33 bits per heavy atom. The number of aliphatic carboxylic acids is 1. The third-order valence-electron chi connectivity index (χ3n) is 7.28. The molecule has 0 aromatic carbocycles. The number of hydrogen-bond acceptors (Lipinski definition) is 12. The molecule has 0 saturated carbocycles. The first-order valence-corrected chi connectivity index (χ1v) is 14.9. The van der Waals surface area contributed by atoms with Crippen LogP contribution in [0.2, 0.25) is 0 Å². The molecule has 0 heterocycles. The summed E-state index contributed by atoms with van der Waals surface area (Å²) in [6, 6.07) is -0.759. The Bertz CT molecular complexity index is 876. The fourth-order valence-electron chi connectivity index (χ4n) is 4.25. The first kappa shape index (κ1) is 41.2. The molecule has 0 bridgehead atoms. The summed E-state index contributed by atoms with van der Waals surface area (Å²) in [5.41, 5.74) is 3.10. The second-order valence-corrected chi connectivity index (χ2v) is 12.7. The second-order valence-electron chi connectivity index (χ2n) is 12.7. The largest absolute Gasteiger partial charge is 0.480 e. The highest BCUT2D eigenvalue weighted by Gasteiger charge is 2.33. The number of rotatable bonds is 27. The van der Waals surface area contributed by atoms with E-state index in [9.17, 15) is 19.2 Å². The quantitative estimate of drug-likeness (QED) is 0.0650. The van der Waals surface area contributed by atoms with Crippen molar-refractivity contribution in [3.8, 4) is 0 Å². The Balaban J connectivity index is 4.03. The first-order chi connectivity index (χ1) is 19.8. The summed E-state index contributed by atoms with van der Waals surface area (Å²) in [5.74, 6) is -1.25. The summed E-state index contributed by atoms with van der Waals surface area (Å²) in [7, 11) is 1.55. The molecule has 0 aromatic rings. The normalized spacial score (nSPS) is 14.7. The standard InChI is InChI=1S/C30H58N4O9/c1-22(35)27(2,3)21-28(4,5)43-19-18-41-15-13-34-30(8,31)25(37)20-42-17-16-40-14-12-33-29(6,7)24(36)11-10-23(32-9)26(38)39/h23,32-34H,10-21,31H2,1-9H3,(H,38,39). The molecule has 13 nitrogen and oxygen atoms in total. The number of nitrogens with one attached hydrogen (secondary N) is 3. The number of carbonyl (C=O) groups excluding carboxylic acids is 3. The summed E-state index contributed by atoms with van der Waals surface area (Å²) in [6.07, 6.45) is 0.955. The van der Waals surface area contributed by atoms with E-state index in [2.05, 4.69) is 16.0 Å². The van der Waals surface area contributed by atoms with Gasteiger partial charge in [0.2, 0.25) is 0 Å². The second kappa shape index (κ2) is 19.5.